The van der Waals surface area contributed by atoms with Gasteiger partial charge in [0, 0.05) is 19.8 Å². The summed E-state index contributed by atoms with van der Waals surface area (Å²) in [5.41, 5.74) is 3.79. The van der Waals surface area contributed by atoms with Crippen molar-refractivity contribution in [1.82, 2.24) is 9.29 Å². The molecule has 1 atom stereocenters. The number of rotatable bonds is 6. The summed E-state index contributed by atoms with van der Waals surface area (Å²) in [6.45, 7) is 3.19. The summed E-state index contributed by atoms with van der Waals surface area (Å²) in [6, 6.07) is 9.43. The molecule has 0 aliphatic heterocycles. The van der Waals surface area contributed by atoms with Gasteiger partial charge >= 0.3 is 5.97 Å². The number of benzene rings is 2. The Morgan fingerprint density at radius 1 is 1.17 bits per heavy atom. The molecule has 0 saturated heterocycles. The molecule has 0 spiro atoms. The molecule has 0 fully saturated rings. The Morgan fingerprint density at radius 2 is 1.90 bits per heavy atom. The third kappa shape index (κ3) is 4.50. The molecule has 3 aromatic rings. The summed E-state index contributed by atoms with van der Waals surface area (Å²) < 4.78 is 31.9. The summed E-state index contributed by atoms with van der Waals surface area (Å²) in [5.74, 6) is -1.20. The number of thiazole rings is 1. The average molecular weight is 448 g/mol. The van der Waals surface area contributed by atoms with E-state index in [1.807, 2.05) is 0 Å². The Kier molecular flexibility index (Phi) is 6.20. The van der Waals surface area contributed by atoms with E-state index in [9.17, 15) is 18.0 Å². The van der Waals surface area contributed by atoms with Crippen LogP contribution < -0.4 is 5.32 Å². The fourth-order valence-electron chi connectivity index (χ4n) is 2.61. The van der Waals surface area contributed by atoms with Crippen LogP contribution in [0.15, 0.2) is 46.8 Å². The summed E-state index contributed by atoms with van der Waals surface area (Å²) in [5, 5.41) is 2.64. The molecule has 158 valence electrons. The van der Waals surface area contributed by atoms with Crippen LogP contribution in [-0.2, 0) is 19.6 Å². The van der Waals surface area contributed by atoms with E-state index in [0.29, 0.717) is 16.8 Å². The van der Waals surface area contributed by atoms with Crippen LogP contribution in [0.2, 0.25) is 0 Å². The first-order chi connectivity index (χ1) is 14.1. The van der Waals surface area contributed by atoms with Crippen molar-refractivity contribution in [3.05, 3.63) is 53.0 Å². The summed E-state index contributed by atoms with van der Waals surface area (Å²) in [7, 11) is -0.790. The third-order valence-electron chi connectivity index (χ3n) is 4.47. The molecule has 1 heterocycles. The van der Waals surface area contributed by atoms with Gasteiger partial charge in [0.05, 0.1) is 26.2 Å². The number of aryl methyl sites for hydroxylation is 1. The van der Waals surface area contributed by atoms with Crippen LogP contribution in [0.1, 0.15) is 22.8 Å². The number of carbonyl (C=O) groups excluding carboxylic acids is 2. The van der Waals surface area contributed by atoms with E-state index in [2.05, 4.69) is 10.3 Å². The van der Waals surface area contributed by atoms with Crippen molar-refractivity contribution >= 4 is 49.1 Å². The highest BCUT2D eigenvalue weighted by atomic mass is 32.2. The average Bonchev–Trinajstić information content (AvgIpc) is 3.17. The van der Waals surface area contributed by atoms with Crippen molar-refractivity contribution in [2.24, 2.45) is 0 Å². The molecule has 0 radical (unpaired) electrons. The number of hydrogen-bond acceptors (Lipinski definition) is 7. The van der Waals surface area contributed by atoms with Gasteiger partial charge in [0.1, 0.15) is 0 Å². The minimum Gasteiger partial charge on any atom is -0.449 e. The van der Waals surface area contributed by atoms with Crippen molar-refractivity contribution < 1.29 is 22.7 Å². The van der Waals surface area contributed by atoms with E-state index in [0.717, 1.165) is 14.5 Å². The Balaban J connectivity index is 1.73. The van der Waals surface area contributed by atoms with Crippen LogP contribution in [0.25, 0.3) is 10.2 Å². The number of carbonyl (C=O) groups is 2. The second-order valence-electron chi connectivity index (χ2n) is 6.84. The lowest BCUT2D eigenvalue weighted by Crippen LogP contribution is -2.30. The van der Waals surface area contributed by atoms with Crippen molar-refractivity contribution in [1.29, 1.82) is 0 Å². The SMILES string of the molecule is Cc1ccc(S(=O)(=O)N(C)C)cc1NC(=O)[C@@H](C)OC(=O)c1ccc2ncsc2c1. The van der Waals surface area contributed by atoms with Gasteiger partial charge in [0.2, 0.25) is 10.0 Å². The van der Waals surface area contributed by atoms with E-state index >= 15 is 0 Å². The molecule has 0 aliphatic rings. The molecular formula is C20H21N3O5S2. The minimum absolute atomic E-state index is 0.0518. The van der Waals surface area contributed by atoms with E-state index in [1.54, 1.807) is 36.7 Å². The second kappa shape index (κ2) is 8.50. The Morgan fingerprint density at radius 3 is 2.60 bits per heavy atom. The zero-order valence-corrected chi connectivity index (χ0v) is 18.5. The van der Waals surface area contributed by atoms with Crippen LogP contribution in [0.4, 0.5) is 5.69 Å². The van der Waals surface area contributed by atoms with Crippen LogP contribution in [0.5, 0.6) is 0 Å². The molecule has 0 aliphatic carbocycles. The van der Waals surface area contributed by atoms with Crippen molar-refractivity contribution in [3.8, 4) is 0 Å². The van der Waals surface area contributed by atoms with Gasteiger partial charge in [-0.3, -0.25) is 4.79 Å². The molecule has 3 rings (SSSR count). The van der Waals surface area contributed by atoms with Gasteiger partial charge in [0.15, 0.2) is 6.10 Å². The molecule has 1 amide bonds. The smallest absolute Gasteiger partial charge is 0.338 e. The lowest BCUT2D eigenvalue weighted by Gasteiger charge is -2.17. The largest absolute Gasteiger partial charge is 0.449 e. The molecule has 0 bridgehead atoms. The predicted octanol–water partition coefficient (Wildman–Crippen LogP) is 3.04. The van der Waals surface area contributed by atoms with E-state index in [-0.39, 0.29) is 4.90 Å². The van der Waals surface area contributed by atoms with Gasteiger partial charge in [-0.05, 0) is 49.7 Å². The number of hydrogen-bond donors (Lipinski definition) is 1. The number of fused-ring (bicyclic) bond motifs is 1. The van der Waals surface area contributed by atoms with Gasteiger partial charge in [-0.25, -0.2) is 22.5 Å². The molecule has 1 aromatic heterocycles. The number of nitrogens with one attached hydrogen (secondary N) is 1. The van der Waals surface area contributed by atoms with Crippen molar-refractivity contribution in [3.63, 3.8) is 0 Å². The molecule has 1 N–H and O–H groups in total. The van der Waals surface area contributed by atoms with Gasteiger partial charge in [0.25, 0.3) is 5.91 Å². The quantitative estimate of drug-likeness (QED) is 0.582. The Bertz CT molecular complexity index is 1220. The highest BCUT2D eigenvalue weighted by molar-refractivity contribution is 7.89. The van der Waals surface area contributed by atoms with Gasteiger partial charge in [-0.1, -0.05) is 6.07 Å². The number of nitrogens with zero attached hydrogens (tertiary/aromatic N) is 2. The highest BCUT2D eigenvalue weighted by Crippen LogP contribution is 2.23. The maximum Gasteiger partial charge on any atom is 0.338 e. The highest BCUT2D eigenvalue weighted by Gasteiger charge is 2.22. The predicted molar refractivity (Wildman–Crippen MR) is 115 cm³/mol. The standard InChI is InChI=1S/C20H21N3O5S2/c1-12-5-7-15(30(26,27)23(3)4)10-17(12)22-19(24)13(2)28-20(25)14-6-8-16-18(9-14)29-11-21-16/h5-11,13H,1-4H3,(H,22,24)/t13-/m1/s1. The topological polar surface area (TPSA) is 106 Å². The Labute approximate surface area is 178 Å². The first kappa shape index (κ1) is 21.9. The maximum absolute atomic E-state index is 12.5. The molecule has 0 saturated carbocycles. The maximum atomic E-state index is 12.5. The molecule has 0 unspecified atom stereocenters. The van der Waals surface area contributed by atoms with Crippen molar-refractivity contribution in [2.45, 2.75) is 24.8 Å². The monoisotopic (exact) mass is 447 g/mol. The van der Waals surface area contributed by atoms with E-state index in [1.165, 1.54) is 44.5 Å². The van der Waals surface area contributed by atoms with Gasteiger partial charge in [-0.15, -0.1) is 11.3 Å². The first-order valence-electron chi connectivity index (χ1n) is 8.98. The number of esters is 1. The number of anilines is 1. The van der Waals surface area contributed by atoms with Crippen LogP contribution in [0, 0.1) is 6.92 Å². The third-order valence-corrected chi connectivity index (χ3v) is 7.07. The van der Waals surface area contributed by atoms with Crippen LogP contribution in [-0.4, -0.2) is 49.8 Å². The number of aromatic nitrogens is 1. The fraction of sp³-hybridized carbons (Fsp3) is 0.250. The zero-order valence-electron chi connectivity index (χ0n) is 16.9. The fourth-order valence-corrected chi connectivity index (χ4v) is 4.25. The molecular weight excluding hydrogens is 426 g/mol. The van der Waals surface area contributed by atoms with Crippen molar-refractivity contribution in [2.75, 3.05) is 19.4 Å². The number of ether oxygens (including phenoxy) is 1. The normalized spacial score (nSPS) is 12.7. The summed E-state index contributed by atoms with van der Waals surface area (Å²) in [6.07, 6.45) is -1.08. The lowest BCUT2D eigenvalue weighted by atomic mass is 10.2. The summed E-state index contributed by atoms with van der Waals surface area (Å²) >= 11 is 1.40. The number of amides is 1. The van der Waals surface area contributed by atoms with Crippen LogP contribution in [0.3, 0.4) is 0 Å². The zero-order chi connectivity index (χ0) is 22.1. The number of sulfonamides is 1. The first-order valence-corrected chi connectivity index (χ1v) is 11.3. The molecule has 10 heteroatoms. The molecule has 2 aromatic carbocycles. The molecule has 8 nitrogen and oxygen atoms in total. The Hall–Kier alpha value is -2.82. The van der Waals surface area contributed by atoms with E-state index < -0.39 is 28.0 Å². The lowest BCUT2D eigenvalue weighted by molar-refractivity contribution is -0.123. The second-order valence-corrected chi connectivity index (χ2v) is 9.87. The van der Waals surface area contributed by atoms with Crippen LogP contribution >= 0.6 is 11.3 Å². The molecule has 30 heavy (non-hydrogen) atoms. The van der Waals surface area contributed by atoms with E-state index in [4.69, 9.17) is 4.74 Å². The van der Waals surface area contributed by atoms with Gasteiger partial charge in [-0.2, -0.15) is 0 Å². The minimum atomic E-state index is -3.65. The van der Waals surface area contributed by atoms with Gasteiger partial charge < -0.3 is 10.1 Å². The summed E-state index contributed by atoms with van der Waals surface area (Å²) in [4.78, 5) is 29.2.